The minimum atomic E-state index is -3.46. The predicted molar refractivity (Wildman–Crippen MR) is 67.5 cm³/mol. The van der Waals surface area contributed by atoms with E-state index in [1.165, 1.54) is 18.7 Å². The van der Waals surface area contributed by atoms with Crippen LogP contribution in [0.15, 0.2) is 0 Å². The number of sulfone groups is 1. The zero-order chi connectivity index (χ0) is 13.7. The molecule has 0 unspecified atom stereocenters. The molecular weight excluding hydrogens is 242 g/mol. The summed E-state index contributed by atoms with van der Waals surface area (Å²) < 4.78 is 21.7. The van der Waals surface area contributed by atoms with Gasteiger partial charge in [0.2, 0.25) is 5.91 Å². The number of carbonyl (C=O) groups excluding carboxylic acids is 1. The maximum atomic E-state index is 12.1. The summed E-state index contributed by atoms with van der Waals surface area (Å²) >= 11 is 0. The number of carbonyl (C=O) groups is 1. The molecule has 0 radical (unpaired) electrons. The fourth-order valence-corrected chi connectivity index (χ4v) is 1.77. The van der Waals surface area contributed by atoms with Crippen LogP contribution in [0.4, 0.5) is 0 Å². The highest BCUT2D eigenvalue weighted by Crippen LogP contribution is 2.19. The third-order valence-corrected chi connectivity index (χ3v) is 4.91. The Morgan fingerprint density at radius 3 is 2.18 bits per heavy atom. The predicted octanol–water partition coefficient (Wildman–Crippen LogP) is 0.431. The van der Waals surface area contributed by atoms with E-state index >= 15 is 0 Å². The van der Waals surface area contributed by atoms with Gasteiger partial charge in [0.05, 0.1) is 6.61 Å². The van der Waals surface area contributed by atoms with Crippen molar-refractivity contribution in [1.82, 2.24) is 4.90 Å². The Kier molecular flexibility index (Phi) is 6.12. The van der Waals surface area contributed by atoms with Crippen molar-refractivity contribution in [1.29, 1.82) is 0 Å². The van der Waals surface area contributed by atoms with Crippen LogP contribution in [0.2, 0.25) is 0 Å². The highest BCUT2D eigenvalue weighted by Gasteiger charge is 2.40. The molecule has 0 heterocycles. The van der Waals surface area contributed by atoms with Gasteiger partial charge < -0.3 is 10.0 Å². The fraction of sp³-hybridized carbons (Fsp3) is 0.909. The second-order valence-corrected chi connectivity index (χ2v) is 7.22. The number of amides is 1. The Bertz CT molecular complexity index is 348. The number of aliphatic hydroxyl groups excluding tert-OH is 1. The number of nitrogens with zero attached hydrogens (tertiary/aromatic N) is 1. The highest BCUT2D eigenvalue weighted by atomic mass is 32.2. The second kappa shape index (κ2) is 6.35. The van der Waals surface area contributed by atoms with E-state index in [2.05, 4.69) is 0 Å². The Balaban J connectivity index is 4.94. The minimum Gasteiger partial charge on any atom is -0.395 e. The molecule has 1 amide bonds. The number of hydrogen-bond acceptors (Lipinski definition) is 4. The first-order valence-corrected chi connectivity index (χ1v) is 7.67. The molecule has 0 aromatic heterocycles. The van der Waals surface area contributed by atoms with Crippen molar-refractivity contribution < 1.29 is 18.3 Å². The first kappa shape index (κ1) is 16.4. The van der Waals surface area contributed by atoms with Gasteiger partial charge in [-0.3, -0.25) is 4.79 Å². The van der Waals surface area contributed by atoms with E-state index < -0.39 is 20.5 Å². The largest absolute Gasteiger partial charge is 0.395 e. The van der Waals surface area contributed by atoms with Crippen LogP contribution in [0.25, 0.3) is 0 Å². The quantitative estimate of drug-likeness (QED) is 0.724. The van der Waals surface area contributed by atoms with Crippen LogP contribution in [-0.2, 0) is 14.6 Å². The molecule has 0 aliphatic rings. The van der Waals surface area contributed by atoms with Crippen molar-refractivity contribution in [2.24, 2.45) is 0 Å². The van der Waals surface area contributed by atoms with E-state index in [1.807, 2.05) is 6.92 Å². The van der Waals surface area contributed by atoms with E-state index in [9.17, 15) is 13.2 Å². The molecule has 0 saturated carbocycles. The lowest BCUT2D eigenvalue weighted by molar-refractivity contribution is -0.133. The third kappa shape index (κ3) is 4.27. The molecule has 0 aromatic rings. The number of aliphatic hydroxyl groups is 1. The zero-order valence-corrected chi connectivity index (χ0v) is 11.9. The van der Waals surface area contributed by atoms with Crippen LogP contribution in [0, 0.1) is 0 Å². The first-order chi connectivity index (χ1) is 7.68. The van der Waals surface area contributed by atoms with Crippen molar-refractivity contribution >= 4 is 15.7 Å². The summed E-state index contributed by atoms with van der Waals surface area (Å²) in [4.78, 5) is 13.6. The summed E-state index contributed by atoms with van der Waals surface area (Å²) in [6.07, 6.45) is 2.77. The summed E-state index contributed by atoms with van der Waals surface area (Å²) in [5.74, 6) is -0.442. The van der Waals surface area contributed by atoms with Gasteiger partial charge in [-0.15, -0.1) is 0 Å². The molecule has 5 nitrogen and oxygen atoms in total. The Morgan fingerprint density at radius 1 is 1.29 bits per heavy atom. The molecular formula is C11H23NO4S. The monoisotopic (exact) mass is 265 g/mol. The van der Waals surface area contributed by atoms with Gasteiger partial charge in [0.15, 0.2) is 9.84 Å². The van der Waals surface area contributed by atoms with Crippen molar-refractivity contribution in [3.63, 3.8) is 0 Å². The maximum Gasteiger partial charge on any atom is 0.243 e. The van der Waals surface area contributed by atoms with E-state index in [-0.39, 0.29) is 13.2 Å². The van der Waals surface area contributed by atoms with Gasteiger partial charge in [0, 0.05) is 19.3 Å². The van der Waals surface area contributed by atoms with Gasteiger partial charge in [-0.05, 0) is 20.3 Å². The lowest BCUT2D eigenvalue weighted by Gasteiger charge is -2.30. The van der Waals surface area contributed by atoms with E-state index in [4.69, 9.17) is 5.11 Å². The van der Waals surface area contributed by atoms with Crippen molar-refractivity contribution in [2.75, 3.05) is 26.0 Å². The smallest absolute Gasteiger partial charge is 0.243 e. The molecule has 0 aliphatic carbocycles. The van der Waals surface area contributed by atoms with E-state index in [0.29, 0.717) is 6.54 Å². The number of unbranched alkanes of at least 4 members (excludes halogenated alkanes) is 1. The molecule has 0 atom stereocenters. The third-order valence-electron chi connectivity index (χ3n) is 2.88. The SMILES string of the molecule is CCCCN(CCO)C(=O)C(C)(C)S(C)(=O)=O. The maximum absolute atomic E-state index is 12.1. The lowest BCUT2D eigenvalue weighted by Crippen LogP contribution is -2.50. The van der Waals surface area contributed by atoms with Crippen LogP contribution < -0.4 is 0 Å². The molecule has 17 heavy (non-hydrogen) atoms. The molecule has 1 N–H and O–H groups in total. The molecule has 0 saturated heterocycles. The molecule has 0 rings (SSSR count). The van der Waals surface area contributed by atoms with E-state index in [0.717, 1.165) is 19.1 Å². The number of hydrogen-bond donors (Lipinski definition) is 1. The highest BCUT2D eigenvalue weighted by molar-refractivity contribution is 7.92. The van der Waals surface area contributed by atoms with E-state index in [1.54, 1.807) is 0 Å². The summed E-state index contributed by atoms with van der Waals surface area (Å²) in [6, 6.07) is 0. The van der Waals surface area contributed by atoms with Gasteiger partial charge >= 0.3 is 0 Å². The number of rotatable bonds is 7. The van der Waals surface area contributed by atoms with Gasteiger partial charge in [-0.25, -0.2) is 8.42 Å². The summed E-state index contributed by atoms with van der Waals surface area (Å²) in [5.41, 5.74) is 0. The van der Waals surface area contributed by atoms with Crippen LogP contribution in [0.3, 0.4) is 0 Å². The van der Waals surface area contributed by atoms with Crippen LogP contribution in [-0.4, -0.2) is 55.0 Å². The fourth-order valence-electron chi connectivity index (χ4n) is 1.32. The molecule has 0 aliphatic heterocycles. The minimum absolute atomic E-state index is 0.157. The Hall–Kier alpha value is -0.620. The van der Waals surface area contributed by atoms with Gasteiger partial charge in [0.25, 0.3) is 0 Å². The Morgan fingerprint density at radius 2 is 1.82 bits per heavy atom. The average molecular weight is 265 g/mol. The van der Waals surface area contributed by atoms with Crippen LogP contribution in [0.1, 0.15) is 33.6 Å². The van der Waals surface area contributed by atoms with Gasteiger partial charge in [-0.1, -0.05) is 13.3 Å². The molecule has 0 fully saturated rings. The Labute approximate surface area is 104 Å². The molecule has 0 spiro atoms. The molecule has 102 valence electrons. The second-order valence-electron chi connectivity index (χ2n) is 4.65. The lowest BCUT2D eigenvalue weighted by atomic mass is 10.1. The first-order valence-electron chi connectivity index (χ1n) is 5.78. The summed E-state index contributed by atoms with van der Waals surface area (Å²) in [5, 5.41) is 8.91. The zero-order valence-electron chi connectivity index (χ0n) is 11.1. The molecule has 0 aromatic carbocycles. The van der Waals surface area contributed by atoms with Crippen molar-refractivity contribution in [2.45, 2.75) is 38.4 Å². The van der Waals surface area contributed by atoms with Crippen LogP contribution in [0.5, 0.6) is 0 Å². The van der Waals surface area contributed by atoms with Crippen LogP contribution >= 0.6 is 0 Å². The normalized spacial score (nSPS) is 12.5. The summed E-state index contributed by atoms with van der Waals surface area (Å²) in [7, 11) is -3.46. The topological polar surface area (TPSA) is 74.7 Å². The summed E-state index contributed by atoms with van der Waals surface area (Å²) in [6.45, 7) is 5.30. The average Bonchev–Trinajstić information content (AvgIpc) is 2.21. The molecule has 0 bridgehead atoms. The van der Waals surface area contributed by atoms with Crippen molar-refractivity contribution in [3.8, 4) is 0 Å². The van der Waals surface area contributed by atoms with Crippen molar-refractivity contribution in [3.05, 3.63) is 0 Å². The van der Waals surface area contributed by atoms with Gasteiger partial charge in [0.1, 0.15) is 4.75 Å². The molecule has 6 heteroatoms. The van der Waals surface area contributed by atoms with Gasteiger partial charge in [-0.2, -0.15) is 0 Å². The standard InChI is InChI=1S/C11H23NO4S/c1-5-6-7-12(8-9-13)10(14)11(2,3)17(4,15)16/h13H,5-9H2,1-4H3.